The number of aliphatic imine (C=N–C) groups is 1. The standard InChI is InChI=1S/C30H56N10O11/c1-7-14(4)21(27(48)38-20(13(2)3)26(47)40-22(16(6)43)28(49)37-19(12-42)29(50)51)39-24(45)17(9-8-10-34-30(32)33)35-25(46)18(11-41)36-23(44)15(5)31/h13-22,41-43H,7-12,31H2,1-6H3,(H,35,46)(H,36,44)(H,37,49)(H,38,48)(H,39,45)(H,40,47)(H,50,51)(H4,32,33,34)/t14-,15-,16+,17-,18-,19-,20-,21-,22-/m0/s1. The molecule has 16 N–H and O–H groups in total. The zero-order chi connectivity index (χ0) is 39.6. The Morgan fingerprint density at radius 3 is 1.55 bits per heavy atom. The summed E-state index contributed by atoms with van der Waals surface area (Å²) in [6.07, 6.45) is -1.00. The zero-order valence-electron chi connectivity index (χ0n) is 29.8. The molecule has 0 rings (SSSR count). The lowest BCUT2D eigenvalue weighted by molar-refractivity contribution is -0.144. The minimum absolute atomic E-state index is 0.0403. The van der Waals surface area contributed by atoms with Crippen molar-refractivity contribution in [3.05, 3.63) is 0 Å². The molecule has 0 fully saturated rings. The van der Waals surface area contributed by atoms with Crippen LogP contribution in [0.3, 0.4) is 0 Å². The molecule has 21 nitrogen and oxygen atoms in total. The van der Waals surface area contributed by atoms with Crippen LogP contribution in [0.5, 0.6) is 0 Å². The van der Waals surface area contributed by atoms with Crippen molar-refractivity contribution >= 4 is 47.4 Å². The van der Waals surface area contributed by atoms with Gasteiger partial charge in [0.15, 0.2) is 5.96 Å². The Kier molecular flexibility index (Phi) is 20.9. The monoisotopic (exact) mass is 732 g/mol. The van der Waals surface area contributed by atoms with Crippen molar-refractivity contribution in [2.45, 2.75) is 109 Å². The smallest absolute Gasteiger partial charge is 0.328 e. The molecule has 0 saturated carbocycles. The highest BCUT2D eigenvalue weighted by Gasteiger charge is 2.36. The molecule has 0 saturated heterocycles. The molecule has 9 atom stereocenters. The predicted molar refractivity (Wildman–Crippen MR) is 183 cm³/mol. The van der Waals surface area contributed by atoms with Crippen LogP contribution in [-0.4, -0.2) is 136 Å². The van der Waals surface area contributed by atoms with Gasteiger partial charge in [0.25, 0.3) is 0 Å². The second-order valence-corrected chi connectivity index (χ2v) is 12.5. The van der Waals surface area contributed by atoms with Crippen molar-refractivity contribution in [1.29, 1.82) is 0 Å². The van der Waals surface area contributed by atoms with Gasteiger partial charge in [0, 0.05) is 6.54 Å². The van der Waals surface area contributed by atoms with Gasteiger partial charge in [0.1, 0.15) is 36.3 Å². The number of carbonyl (C=O) groups excluding carboxylic acids is 6. The summed E-state index contributed by atoms with van der Waals surface area (Å²) in [5.41, 5.74) is 16.3. The van der Waals surface area contributed by atoms with Gasteiger partial charge in [0.2, 0.25) is 35.4 Å². The fourth-order valence-electron chi connectivity index (χ4n) is 4.37. The Balaban J connectivity index is 6.21. The number of guanidine groups is 1. The SMILES string of the molecule is CC[C@H](C)[C@H](NC(=O)[C@H](CCCN=C(N)N)NC(=O)[C@H](CO)NC(=O)[C@H](C)N)C(=O)N[C@H](C(=O)N[C@H](C(=O)N[C@@H](CO)C(=O)O)[C@@H](C)O)C(C)C. The van der Waals surface area contributed by atoms with Gasteiger partial charge in [-0.15, -0.1) is 0 Å². The molecular weight excluding hydrogens is 676 g/mol. The Morgan fingerprint density at radius 1 is 0.647 bits per heavy atom. The number of hydrogen-bond acceptors (Lipinski definition) is 12. The van der Waals surface area contributed by atoms with Crippen LogP contribution in [0.4, 0.5) is 0 Å². The Bertz CT molecular complexity index is 1230. The number of amides is 6. The number of aliphatic hydroxyl groups is 3. The summed E-state index contributed by atoms with van der Waals surface area (Å²) in [4.78, 5) is 93.5. The summed E-state index contributed by atoms with van der Waals surface area (Å²) in [5.74, 6) is -8.18. The number of nitrogens with one attached hydrogen (secondary N) is 6. The normalized spacial score (nSPS) is 16.4. The highest BCUT2D eigenvalue weighted by atomic mass is 16.4. The summed E-state index contributed by atoms with van der Waals surface area (Å²) < 4.78 is 0. The maximum Gasteiger partial charge on any atom is 0.328 e. The van der Waals surface area contributed by atoms with E-state index in [-0.39, 0.29) is 25.3 Å². The van der Waals surface area contributed by atoms with E-state index < -0.39 is 115 Å². The van der Waals surface area contributed by atoms with Crippen LogP contribution in [0, 0.1) is 11.8 Å². The summed E-state index contributed by atoms with van der Waals surface area (Å²) in [5, 5.41) is 52.5. The molecule has 0 aromatic carbocycles. The summed E-state index contributed by atoms with van der Waals surface area (Å²) in [7, 11) is 0. The third-order valence-corrected chi connectivity index (χ3v) is 7.71. The minimum atomic E-state index is -1.71. The summed E-state index contributed by atoms with van der Waals surface area (Å²) >= 11 is 0. The molecule has 292 valence electrons. The average Bonchev–Trinajstić information content (AvgIpc) is 3.05. The van der Waals surface area contributed by atoms with Crippen molar-refractivity contribution in [1.82, 2.24) is 31.9 Å². The zero-order valence-corrected chi connectivity index (χ0v) is 29.8. The van der Waals surface area contributed by atoms with Crippen LogP contribution in [0.25, 0.3) is 0 Å². The van der Waals surface area contributed by atoms with Crippen LogP contribution in [0.15, 0.2) is 4.99 Å². The van der Waals surface area contributed by atoms with E-state index in [1.165, 1.54) is 13.8 Å². The van der Waals surface area contributed by atoms with Crippen molar-refractivity contribution < 1.29 is 54.0 Å². The highest BCUT2D eigenvalue weighted by molar-refractivity contribution is 5.97. The molecular formula is C30H56N10O11. The Labute approximate surface area is 296 Å². The van der Waals surface area contributed by atoms with E-state index in [9.17, 15) is 48.9 Å². The molecule has 51 heavy (non-hydrogen) atoms. The quantitative estimate of drug-likeness (QED) is 0.0265. The van der Waals surface area contributed by atoms with Crippen molar-refractivity contribution in [3.8, 4) is 0 Å². The van der Waals surface area contributed by atoms with Gasteiger partial charge in [-0.25, -0.2) is 4.79 Å². The lowest BCUT2D eigenvalue weighted by atomic mass is 9.95. The van der Waals surface area contributed by atoms with Crippen LogP contribution < -0.4 is 49.1 Å². The van der Waals surface area contributed by atoms with Crippen molar-refractivity contribution in [3.63, 3.8) is 0 Å². The number of carbonyl (C=O) groups is 7. The number of aliphatic hydroxyl groups excluding tert-OH is 3. The van der Waals surface area contributed by atoms with Crippen LogP contribution in [0.2, 0.25) is 0 Å². The summed E-state index contributed by atoms with van der Waals surface area (Å²) in [6, 6.07) is -9.73. The fourth-order valence-corrected chi connectivity index (χ4v) is 4.37. The van der Waals surface area contributed by atoms with E-state index in [1.54, 1.807) is 27.7 Å². The number of hydrogen-bond donors (Lipinski definition) is 13. The molecule has 0 spiro atoms. The van der Waals surface area contributed by atoms with E-state index in [4.69, 9.17) is 22.3 Å². The molecule has 21 heteroatoms. The third-order valence-electron chi connectivity index (χ3n) is 7.71. The summed E-state index contributed by atoms with van der Waals surface area (Å²) in [6.45, 7) is 7.39. The molecule has 0 bridgehead atoms. The molecule has 0 radical (unpaired) electrons. The number of carboxylic acids is 1. The van der Waals surface area contributed by atoms with Crippen LogP contribution in [0.1, 0.15) is 60.8 Å². The lowest BCUT2D eigenvalue weighted by Gasteiger charge is -2.31. The molecule has 0 aliphatic carbocycles. The van der Waals surface area contributed by atoms with E-state index in [0.717, 1.165) is 0 Å². The molecule has 0 aliphatic rings. The number of carboxylic acid groups (broad SMARTS) is 1. The van der Waals surface area contributed by atoms with Gasteiger partial charge < -0.3 is 69.5 Å². The topological polar surface area (TPSA) is 363 Å². The first kappa shape index (κ1) is 46.4. The number of nitrogens with zero attached hydrogens (tertiary/aromatic N) is 1. The first-order valence-electron chi connectivity index (χ1n) is 16.5. The minimum Gasteiger partial charge on any atom is -0.480 e. The average molecular weight is 733 g/mol. The van der Waals surface area contributed by atoms with E-state index in [1.807, 2.05) is 5.32 Å². The van der Waals surface area contributed by atoms with Gasteiger partial charge in [0.05, 0.1) is 25.4 Å². The number of nitrogens with two attached hydrogens (primary N) is 3. The van der Waals surface area contributed by atoms with Crippen LogP contribution >= 0.6 is 0 Å². The van der Waals surface area contributed by atoms with Crippen molar-refractivity contribution in [2.75, 3.05) is 19.8 Å². The molecule has 0 aromatic heterocycles. The highest BCUT2D eigenvalue weighted by Crippen LogP contribution is 2.12. The molecule has 0 aromatic rings. The largest absolute Gasteiger partial charge is 0.480 e. The third kappa shape index (κ3) is 16.3. The second kappa shape index (κ2) is 23.0. The van der Waals surface area contributed by atoms with E-state index in [2.05, 4.69) is 31.6 Å². The fraction of sp³-hybridized carbons (Fsp3) is 0.733. The Hall–Kier alpha value is -4.60. The molecule has 0 heterocycles. The molecule has 0 aliphatic heterocycles. The van der Waals surface area contributed by atoms with Gasteiger partial charge in [-0.3, -0.25) is 33.8 Å². The first-order chi connectivity index (χ1) is 23.7. The van der Waals surface area contributed by atoms with E-state index in [0.29, 0.717) is 6.42 Å². The maximum atomic E-state index is 13.7. The van der Waals surface area contributed by atoms with Gasteiger partial charge >= 0.3 is 5.97 Å². The lowest BCUT2D eigenvalue weighted by Crippen LogP contribution is -2.62. The van der Waals surface area contributed by atoms with Crippen LogP contribution in [-0.2, 0) is 33.6 Å². The number of aliphatic carboxylic acids is 1. The Morgan fingerprint density at radius 2 is 1.10 bits per heavy atom. The molecule has 0 unspecified atom stereocenters. The first-order valence-corrected chi connectivity index (χ1v) is 16.5. The van der Waals surface area contributed by atoms with Gasteiger partial charge in [-0.2, -0.15) is 0 Å². The van der Waals surface area contributed by atoms with Gasteiger partial charge in [-0.1, -0.05) is 34.1 Å². The predicted octanol–water partition coefficient (Wildman–Crippen LogP) is -5.55. The number of rotatable bonds is 23. The second-order valence-electron chi connectivity index (χ2n) is 12.5. The van der Waals surface area contributed by atoms with Gasteiger partial charge in [-0.05, 0) is 38.5 Å². The molecule has 6 amide bonds. The van der Waals surface area contributed by atoms with E-state index >= 15 is 0 Å². The van der Waals surface area contributed by atoms with Crippen molar-refractivity contribution in [2.24, 2.45) is 34.0 Å². The maximum absolute atomic E-state index is 13.7.